The molecule has 1 aromatic carbocycles. The molecule has 0 spiro atoms. The lowest BCUT2D eigenvalue weighted by atomic mass is 10.0. The fraction of sp³-hybridized carbons (Fsp3) is 0.474. The quantitative estimate of drug-likeness (QED) is 0.789. The first-order valence-corrected chi connectivity index (χ1v) is 8.33. The highest BCUT2D eigenvalue weighted by Crippen LogP contribution is 2.26. The molecule has 1 aromatic heterocycles. The number of aryl methyl sites for hydroxylation is 2. The number of carbonyl (C=O) groups excluding carboxylic acids is 2. The zero-order valence-corrected chi connectivity index (χ0v) is 14.8. The van der Waals surface area contributed by atoms with Gasteiger partial charge in [0.15, 0.2) is 6.61 Å². The Morgan fingerprint density at radius 2 is 2.04 bits per heavy atom. The molecule has 0 saturated carbocycles. The summed E-state index contributed by atoms with van der Waals surface area (Å²) >= 11 is 0. The number of benzene rings is 1. The van der Waals surface area contributed by atoms with Crippen molar-refractivity contribution >= 4 is 22.8 Å². The lowest BCUT2D eigenvalue weighted by molar-refractivity contribution is -0.148. The second kappa shape index (κ2) is 7.99. The van der Waals surface area contributed by atoms with E-state index in [1.165, 1.54) is 0 Å². The monoisotopic (exact) mass is 331 g/mol. The van der Waals surface area contributed by atoms with E-state index in [9.17, 15) is 9.59 Å². The summed E-state index contributed by atoms with van der Waals surface area (Å²) < 4.78 is 10.6. The van der Waals surface area contributed by atoms with Crippen LogP contribution in [0.2, 0.25) is 0 Å². The molecule has 1 atom stereocenters. The second-order valence-electron chi connectivity index (χ2n) is 6.24. The number of ether oxygens (including phenoxy) is 1. The molecular weight excluding hydrogens is 306 g/mol. The number of fused-ring (bicyclic) bond motifs is 1. The van der Waals surface area contributed by atoms with Crippen LogP contribution in [0.25, 0.3) is 11.0 Å². The Morgan fingerprint density at radius 3 is 2.75 bits per heavy atom. The van der Waals surface area contributed by atoms with Gasteiger partial charge >= 0.3 is 5.97 Å². The van der Waals surface area contributed by atoms with E-state index in [0.29, 0.717) is 0 Å². The zero-order chi connectivity index (χ0) is 17.7. The van der Waals surface area contributed by atoms with Gasteiger partial charge in [-0.25, -0.2) is 0 Å². The first-order chi connectivity index (χ1) is 11.4. The van der Waals surface area contributed by atoms with Crippen molar-refractivity contribution in [2.75, 3.05) is 6.61 Å². The molecule has 0 aliphatic rings. The van der Waals surface area contributed by atoms with Gasteiger partial charge in [0.05, 0.1) is 12.7 Å². The lowest BCUT2D eigenvalue weighted by Crippen LogP contribution is -2.35. The largest absolute Gasteiger partial charge is 0.464 e. The van der Waals surface area contributed by atoms with Crippen molar-refractivity contribution in [3.05, 3.63) is 35.1 Å². The van der Waals surface area contributed by atoms with E-state index >= 15 is 0 Å². The average molecular weight is 331 g/mol. The minimum Gasteiger partial charge on any atom is -0.464 e. The number of carbonyl (C=O) groups is 2. The van der Waals surface area contributed by atoms with E-state index in [1.54, 1.807) is 6.26 Å². The van der Waals surface area contributed by atoms with Crippen molar-refractivity contribution in [3.63, 3.8) is 0 Å². The first-order valence-electron chi connectivity index (χ1n) is 8.33. The molecular formula is C19H25NO4. The van der Waals surface area contributed by atoms with Gasteiger partial charge in [0, 0.05) is 17.0 Å². The molecule has 1 heterocycles. The summed E-state index contributed by atoms with van der Waals surface area (Å²) in [5.41, 5.74) is 3.78. The van der Waals surface area contributed by atoms with E-state index < -0.39 is 5.97 Å². The van der Waals surface area contributed by atoms with Crippen LogP contribution in [0, 0.1) is 13.8 Å². The zero-order valence-electron chi connectivity index (χ0n) is 14.8. The van der Waals surface area contributed by atoms with Crippen molar-refractivity contribution in [2.45, 2.75) is 53.0 Å². The SMILES string of the molecule is CCC[C@@H](C)NC(=O)COC(=O)Cc1coc2c(C)c(C)ccc12. The second-order valence-corrected chi connectivity index (χ2v) is 6.24. The van der Waals surface area contributed by atoms with Gasteiger partial charge in [0.2, 0.25) is 0 Å². The molecule has 2 rings (SSSR count). The maximum Gasteiger partial charge on any atom is 0.310 e. The maximum absolute atomic E-state index is 12.0. The number of rotatable bonds is 7. The Labute approximate surface area is 142 Å². The van der Waals surface area contributed by atoms with Gasteiger partial charge in [0.25, 0.3) is 5.91 Å². The molecule has 0 radical (unpaired) electrons. The third-order valence-electron chi connectivity index (χ3n) is 4.17. The van der Waals surface area contributed by atoms with E-state index in [1.807, 2.05) is 32.9 Å². The Kier molecular flexibility index (Phi) is 6.01. The third-order valence-corrected chi connectivity index (χ3v) is 4.17. The summed E-state index contributed by atoms with van der Waals surface area (Å²) in [6, 6.07) is 4.04. The predicted molar refractivity (Wildman–Crippen MR) is 92.9 cm³/mol. The number of hydrogen-bond acceptors (Lipinski definition) is 4. The van der Waals surface area contributed by atoms with Crippen molar-refractivity contribution in [3.8, 4) is 0 Å². The van der Waals surface area contributed by atoms with E-state index in [0.717, 1.165) is 40.5 Å². The maximum atomic E-state index is 12.0. The van der Waals surface area contributed by atoms with Crippen LogP contribution < -0.4 is 5.32 Å². The highest BCUT2D eigenvalue weighted by Gasteiger charge is 2.15. The number of hydrogen-bond donors (Lipinski definition) is 1. The Bertz CT molecular complexity index is 732. The molecule has 5 heteroatoms. The van der Waals surface area contributed by atoms with Gasteiger partial charge in [0.1, 0.15) is 5.58 Å². The molecule has 0 aliphatic carbocycles. The van der Waals surface area contributed by atoms with Gasteiger partial charge < -0.3 is 14.5 Å². The number of furan rings is 1. The van der Waals surface area contributed by atoms with Gasteiger partial charge in [-0.3, -0.25) is 9.59 Å². The highest BCUT2D eigenvalue weighted by molar-refractivity contribution is 5.89. The summed E-state index contributed by atoms with van der Waals surface area (Å²) in [4.78, 5) is 23.7. The van der Waals surface area contributed by atoms with Crippen molar-refractivity contribution in [1.82, 2.24) is 5.32 Å². The molecule has 0 aliphatic heterocycles. The normalized spacial score (nSPS) is 12.2. The van der Waals surface area contributed by atoms with E-state index in [4.69, 9.17) is 9.15 Å². The Hall–Kier alpha value is -2.30. The average Bonchev–Trinajstić information content (AvgIpc) is 2.93. The van der Waals surface area contributed by atoms with Gasteiger partial charge in [-0.15, -0.1) is 0 Å². The molecule has 1 N–H and O–H groups in total. The summed E-state index contributed by atoms with van der Waals surface area (Å²) in [5, 5.41) is 3.72. The minimum atomic E-state index is -0.436. The van der Waals surface area contributed by atoms with Crippen molar-refractivity contribution in [1.29, 1.82) is 0 Å². The fourth-order valence-electron chi connectivity index (χ4n) is 2.70. The molecule has 2 aromatic rings. The van der Waals surface area contributed by atoms with Crippen LogP contribution in [0.1, 0.15) is 43.4 Å². The molecule has 0 unspecified atom stereocenters. The highest BCUT2D eigenvalue weighted by atomic mass is 16.5. The third kappa shape index (κ3) is 4.37. The number of nitrogens with one attached hydrogen (secondary N) is 1. The van der Waals surface area contributed by atoms with Crippen LogP contribution in [0.15, 0.2) is 22.8 Å². The minimum absolute atomic E-state index is 0.0882. The summed E-state index contributed by atoms with van der Waals surface area (Å²) in [5.74, 6) is -0.706. The van der Waals surface area contributed by atoms with Gasteiger partial charge in [-0.05, 0) is 38.3 Å². The van der Waals surface area contributed by atoms with Crippen LogP contribution in [0.3, 0.4) is 0 Å². The van der Waals surface area contributed by atoms with Gasteiger partial charge in [-0.2, -0.15) is 0 Å². The topological polar surface area (TPSA) is 68.5 Å². The number of esters is 1. The Balaban J connectivity index is 1.91. The van der Waals surface area contributed by atoms with Crippen LogP contribution in [0.4, 0.5) is 0 Å². The van der Waals surface area contributed by atoms with Gasteiger partial charge in [-0.1, -0.05) is 25.5 Å². The standard InChI is InChI=1S/C19H25NO4/c1-5-6-13(3)20-17(21)11-23-18(22)9-15-10-24-19-14(4)12(2)7-8-16(15)19/h7-8,10,13H,5-6,9,11H2,1-4H3,(H,20,21)/t13-/m1/s1. The first kappa shape index (κ1) is 18.0. The van der Waals surface area contributed by atoms with Crippen LogP contribution in [-0.2, 0) is 20.7 Å². The lowest BCUT2D eigenvalue weighted by Gasteiger charge is -2.12. The number of amides is 1. The summed E-state index contributed by atoms with van der Waals surface area (Å²) in [7, 11) is 0. The molecule has 1 amide bonds. The van der Waals surface area contributed by atoms with E-state index in [-0.39, 0.29) is 25.0 Å². The van der Waals surface area contributed by atoms with Crippen LogP contribution in [-0.4, -0.2) is 24.5 Å². The molecule has 0 bridgehead atoms. The van der Waals surface area contributed by atoms with E-state index in [2.05, 4.69) is 12.2 Å². The van der Waals surface area contributed by atoms with Crippen molar-refractivity contribution < 1.29 is 18.7 Å². The Morgan fingerprint density at radius 1 is 1.29 bits per heavy atom. The molecule has 0 fully saturated rings. The summed E-state index contributed by atoms with van der Waals surface area (Å²) in [6.45, 7) is 7.75. The van der Waals surface area contributed by atoms with Crippen molar-refractivity contribution in [2.24, 2.45) is 0 Å². The molecule has 5 nitrogen and oxygen atoms in total. The molecule has 130 valence electrons. The van der Waals surface area contributed by atoms with Crippen LogP contribution >= 0.6 is 0 Å². The van der Waals surface area contributed by atoms with Crippen LogP contribution in [0.5, 0.6) is 0 Å². The predicted octanol–water partition coefficient (Wildman–Crippen LogP) is 3.44. The fourth-order valence-corrected chi connectivity index (χ4v) is 2.70. The summed E-state index contributed by atoms with van der Waals surface area (Å²) in [6.07, 6.45) is 3.57. The molecule has 0 saturated heterocycles. The molecule has 24 heavy (non-hydrogen) atoms. The smallest absolute Gasteiger partial charge is 0.310 e.